The van der Waals surface area contributed by atoms with E-state index in [9.17, 15) is 10.2 Å². The van der Waals surface area contributed by atoms with Crippen molar-refractivity contribution in [2.45, 2.75) is 13.8 Å². The molecule has 0 saturated heterocycles. The number of nitrogens with zero attached hydrogens (tertiary/aromatic N) is 2. The highest BCUT2D eigenvalue weighted by atomic mass is 35.5. The van der Waals surface area contributed by atoms with Crippen molar-refractivity contribution in [3.05, 3.63) is 21.3 Å². The Balaban J connectivity index is 2.72. The van der Waals surface area contributed by atoms with Crippen LogP contribution in [0.5, 0.6) is 11.5 Å². The van der Waals surface area contributed by atoms with Gasteiger partial charge in [-0.3, -0.25) is 5.10 Å². The van der Waals surface area contributed by atoms with Crippen molar-refractivity contribution in [3.8, 4) is 22.6 Å². The van der Waals surface area contributed by atoms with Crippen molar-refractivity contribution in [2.24, 2.45) is 0 Å². The molecule has 0 radical (unpaired) electrons. The first-order valence-electron chi connectivity index (χ1n) is 6.30. The lowest BCUT2D eigenvalue weighted by molar-refractivity contribution is 0.462. The lowest BCUT2D eigenvalue weighted by atomic mass is 10.1. The summed E-state index contributed by atoms with van der Waals surface area (Å²) in [6.45, 7) is 5.44. The van der Waals surface area contributed by atoms with Crippen LogP contribution in [-0.2, 0) is 0 Å². The van der Waals surface area contributed by atoms with E-state index in [0.717, 1.165) is 13.1 Å². The van der Waals surface area contributed by atoms with Crippen LogP contribution in [0.3, 0.4) is 0 Å². The molecule has 5 nitrogen and oxygen atoms in total. The first-order valence-corrected chi connectivity index (χ1v) is 7.44. The minimum atomic E-state index is -0.372. The van der Waals surface area contributed by atoms with Gasteiger partial charge in [-0.05, 0) is 13.8 Å². The molecule has 0 aliphatic heterocycles. The third-order valence-corrected chi connectivity index (χ3v) is 4.44. The van der Waals surface area contributed by atoms with E-state index in [4.69, 9.17) is 34.8 Å². The summed E-state index contributed by atoms with van der Waals surface area (Å²) in [5, 5.41) is 26.6. The molecular weight excluding hydrogens is 337 g/mol. The number of hydrogen-bond acceptors (Lipinski definition) is 4. The summed E-state index contributed by atoms with van der Waals surface area (Å²) in [5.74, 6) is 0.0112. The van der Waals surface area contributed by atoms with Crippen LogP contribution in [0.25, 0.3) is 11.1 Å². The van der Waals surface area contributed by atoms with Crippen LogP contribution >= 0.6 is 34.8 Å². The van der Waals surface area contributed by atoms with Gasteiger partial charge in [0.25, 0.3) is 0 Å². The van der Waals surface area contributed by atoms with Crippen LogP contribution in [0, 0.1) is 0 Å². The van der Waals surface area contributed by atoms with E-state index in [1.165, 1.54) is 6.20 Å². The summed E-state index contributed by atoms with van der Waals surface area (Å²) >= 11 is 17.9. The van der Waals surface area contributed by atoms with E-state index in [-0.39, 0.29) is 32.1 Å². The van der Waals surface area contributed by atoms with E-state index >= 15 is 0 Å². The zero-order valence-corrected chi connectivity index (χ0v) is 13.7. The molecule has 8 heteroatoms. The topological polar surface area (TPSA) is 72.4 Å². The largest absolute Gasteiger partial charge is 0.506 e. The van der Waals surface area contributed by atoms with E-state index in [1.807, 2.05) is 18.7 Å². The Hall–Kier alpha value is -1.30. The maximum atomic E-state index is 10.2. The molecule has 2 aromatic rings. The van der Waals surface area contributed by atoms with Gasteiger partial charge in [0, 0.05) is 18.7 Å². The molecule has 21 heavy (non-hydrogen) atoms. The van der Waals surface area contributed by atoms with Crippen molar-refractivity contribution < 1.29 is 10.2 Å². The Kier molecular flexibility index (Phi) is 4.76. The number of aromatic amines is 1. The molecule has 0 fully saturated rings. The fraction of sp³-hybridized carbons (Fsp3) is 0.308. The molecule has 0 atom stereocenters. The normalized spacial score (nSPS) is 10.9. The van der Waals surface area contributed by atoms with E-state index in [0.29, 0.717) is 11.4 Å². The van der Waals surface area contributed by atoms with Gasteiger partial charge in [0.15, 0.2) is 5.75 Å². The molecule has 1 heterocycles. The molecule has 0 spiro atoms. The minimum absolute atomic E-state index is 0.0725. The second-order valence-electron chi connectivity index (χ2n) is 4.32. The standard InChI is InChI=1S/C13H14Cl3N3O2/c1-3-19(4-2)13-6(5-17-18-13)7-8(14)12(21)10(16)9(15)11(7)20/h5,20-21H,3-4H2,1-2H3,(H,17,18). The van der Waals surface area contributed by atoms with Crippen LogP contribution in [0.2, 0.25) is 15.1 Å². The number of H-pyrrole nitrogens is 1. The smallest absolute Gasteiger partial charge is 0.155 e. The van der Waals surface area contributed by atoms with Gasteiger partial charge in [-0.1, -0.05) is 34.8 Å². The predicted octanol–water partition coefficient (Wildman–Crippen LogP) is 4.29. The minimum Gasteiger partial charge on any atom is -0.506 e. The number of rotatable bonds is 4. The Morgan fingerprint density at radius 2 is 1.62 bits per heavy atom. The van der Waals surface area contributed by atoms with Gasteiger partial charge in [-0.25, -0.2) is 0 Å². The van der Waals surface area contributed by atoms with Crippen LogP contribution < -0.4 is 4.90 Å². The van der Waals surface area contributed by atoms with Gasteiger partial charge in [0.2, 0.25) is 0 Å². The second kappa shape index (κ2) is 6.22. The molecule has 0 aliphatic carbocycles. The number of phenolic OH excluding ortho intramolecular Hbond substituents is 2. The van der Waals surface area contributed by atoms with Crippen molar-refractivity contribution in [1.82, 2.24) is 10.2 Å². The molecule has 0 saturated carbocycles. The number of nitrogens with one attached hydrogen (secondary N) is 1. The van der Waals surface area contributed by atoms with E-state index < -0.39 is 0 Å². The number of anilines is 1. The molecule has 3 N–H and O–H groups in total. The highest BCUT2D eigenvalue weighted by molar-refractivity contribution is 6.47. The SMILES string of the molecule is CCN(CC)c1[nH]ncc1-c1c(O)c(Cl)c(Cl)c(O)c1Cl. The molecule has 1 aromatic carbocycles. The van der Waals surface area contributed by atoms with Crippen molar-refractivity contribution >= 4 is 40.6 Å². The number of aromatic hydroxyl groups is 2. The van der Waals surface area contributed by atoms with Crippen LogP contribution in [-0.4, -0.2) is 33.5 Å². The van der Waals surface area contributed by atoms with E-state index in [1.54, 1.807) is 0 Å². The summed E-state index contributed by atoms with van der Waals surface area (Å²) in [6.07, 6.45) is 1.51. The lowest BCUT2D eigenvalue weighted by Gasteiger charge is -2.21. The first kappa shape index (κ1) is 16.1. The quantitative estimate of drug-likeness (QED) is 0.568. The van der Waals surface area contributed by atoms with Crippen LogP contribution in [0.15, 0.2) is 6.20 Å². The number of aromatic nitrogens is 2. The maximum absolute atomic E-state index is 10.2. The zero-order chi connectivity index (χ0) is 15.7. The van der Waals surface area contributed by atoms with Gasteiger partial charge < -0.3 is 15.1 Å². The van der Waals surface area contributed by atoms with Crippen molar-refractivity contribution in [2.75, 3.05) is 18.0 Å². The maximum Gasteiger partial charge on any atom is 0.155 e. The summed E-state index contributed by atoms with van der Waals surface area (Å²) in [5.41, 5.74) is 0.731. The van der Waals surface area contributed by atoms with Crippen molar-refractivity contribution in [3.63, 3.8) is 0 Å². The first-order chi connectivity index (χ1) is 9.93. The number of hydrogen-bond donors (Lipinski definition) is 3. The van der Waals surface area contributed by atoms with Gasteiger partial charge >= 0.3 is 0 Å². The van der Waals surface area contributed by atoms with Gasteiger partial charge in [0.1, 0.15) is 21.6 Å². The molecule has 1 aromatic heterocycles. The van der Waals surface area contributed by atoms with Crippen LogP contribution in [0.1, 0.15) is 13.8 Å². The third kappa shape index (κ3) is 2.61. The Morgan fingerprint density at radius 1 is 1.05 bits per heavy atom. The molecule has 0 bridgehead atoms. The molecule has 2 rings (SSSR count). The highest BCUT2D eigenvalue weighted by Crippen LogP contribution is 2.51. The van der Waals surface area contributed by atoms with E-state index in [2.05, 4.69) is 10.2 Å². The number of phenols is 2. The fourth-order valence-electron chi connectivity index (χ4n) is 2.13. The summed E-state index contributed by atoms with van der Waals surface area (Å²) in [7, 11) is 0. The Morgan fingerprint density at radius 3 is 2.19 bits per heavy atom. The summed E-state index contributed by atoms with van der Waals surface area (Å²) in [4.78, 5) is 2.00. The van der Waals surface area contributed by atoms with Gasteiger partial charge in [-0.2, -0.15) is 5.10 Å². The lowest BCUT2D eigenvalue weighted by Crippen LogP contribution is -2.22. The predicted molar refractivity (Wildman–Crippen MR) is 85.9 cm³/mol. The zero-order valence-electron chi connectivity index (χ0n) is 11.4. The molecule has 114 valence electrons. The molecule has 0 amide bonds. The molecule has 0 unspecified atom stereocenters. The van der Waals surface area contributed by atoms with Gasteiger partial charge in [-0.15, -0.1) is 0 Å². The van der Waals surface area contributed by atoms with Crippen molar-refractivity contribution in [1.29, 1.82) is 0 Å². The summed E-state index contributed by atoms with van der Waals surface area (Å²) in [6, 6.07) is 0. The molecule has 0 aliphatic rings. The second-order valence-corrected chi connectivity index (χ2v) is 5.45. The highest BCUT2D eigenvalue weighted by Gasteiger charge is 2.25. The van der Waals surface area contributed by atoms with Gasteiger partial charge in [0.05, 0.1) is 16.8 Å². The Bertz CT molecular complexity index is 640. The monoisotopic (exact) mass is 349 g/mol. The van der Waals surface area contributed by atoms with Crippen LogP contribution in [0.4, 0.5) is 5.82 Å². The average molecular weight is 351 g/mol. The average Bonchev–Trinajstić information content (AvgIpc) is 2.94. The number of benzene rings is 1. The number of halogens is 3. The fourth-order valence-corrected chi connectivity index (χ4v) is 2.83. The molecular formula is C13H14Cl3N3O2. The third-order valence-electron chi connectivity index (χ3n) is 3.24. The Labute approximate surface area is 137 Å². The summed E-state index contributed by atoms with van der Waals surface area (Å²) < 4.78 is 0.